The first-order valence-electron chi connectivity index (χ1n) is 10.6. The molecule has 0 aliphatic heterocycles. The molecule has 0 atom stereocenters. The molecule has 0 rings (SSSR count). The molecule has 32 heavy (non-hydrogen) atoms. The van der Waals surface area contributed by atoms with Crippen molar-refractivity contribution in [2.24, 2.45) is 0 Å². The zero-order valence-corrected chi connectivity index (χ0v) is 20.4. The lowest BCUT2D eigenvalue weighted by atomic mass is 10.3. The molecule has 12 heteroatoms. The summed E-state index contributed by atoms with van der Waals surface area (Å²) in [7, 11) is 12.0. The number of nitrogens with one attached hydrogen (secondary N) is 2. The van der Waals surface area contributed by atoms with Crippen molar-refractivity contribution >= 4 is 23.8 Å². The van der Waals surface area contributed by atoms with Gasteiger partial charge in [0, 0.05) is 13.1 Å². The molecule has 0 unspecified atom stereocenters. The van der Waals surface area contributed by atoms with E-state index in [0.29, 0.717) is 22.1 Å². The van der Waals surface area contributed by atoms with Crippen molar-refractivity contribution in [2.45, 2.75) is 0 Å². The molecular weight excluding hydrogens is 420 g/mol. The third kappa shape index (κ3) is 18.5. The Labute approximate surface area is 190 Å². The van der Waals surface area contributed by atoms with Crippen LogP contribution >= 0.6 is 0 Å². The molecule has 0 aliphatic carbocycles. The fourth-order valence-electron chi connectivity index (χ4n) is 2.67. The predicted molar refractivity (Wildman–Crippen MR) is 120 cm³/mol. The lowest BCUT2D eigenvalue weighted by Crippen LogP contribution is -2.48. The van der Waals surface area contributed by atoms with Crippen LogP contribution in [0.3, 0.4) is 0 Å². The van der Waals surface area contributed by atoms with Crippen LogP contribution in [-0.4, -0.2) is 160 Å². The summed E-state index contributed by atoms with van der Waals surface area (Å²) in [4.78, 5) is 49.6. The van der Waals surface area contributed by atoms with Crippen molar-refractivity contribution < 1.29 is 38.4 Å². The number of hydrogen-bond donors (Lipinski definition) is 4. The third-order valence-corrected chi connectivity index (χ3v) is 4.39. The molecule has 0 heterocycles. The average molecular weight is 463 g/mol. The molecule has 0 aromatic rings. The summed E-state index contributed by atoms with van der Waals surface area (Å²) in [5.74, 6) is -2.79. The molecule has 0 spiro atoms. The molecule has 0 aliphatic rings. The van der Waals surface area contributed by atoms with Crippen LogP contribution < -0.4 is 10.6 Å². The first-order chi connectivity index (χ1) is 14.6. The zero-order valence-electron chi connectivity index (χ0n) is 20.4. The lowest BCUT2D eigenvalue weighted by molar-refractivity contribution is -0.869. The van der Waals surface area contributed by atoms with E-state index in [-0.39, 0.29) is 51.1 Å². The monoisotopic (exact) mass is 462 g/mol. The smallest absolute Gasteiger partial charge is 0.317 e. The van der Waals surface area contributed by atoms with Crippen molar-refractivity contribution in [3.05, 3.63) is 0 Å². The maximum atomic E-state index is 12.2. The van der Waals surface area contributed by atoms with E-state index in [1.807, 2.05) is 42.3 Å². The van der Waals surface area contributed by atoms with Gasteiger partial charge in [0.25, 0.3) is 0 Å². The van der Waals surface area contributed by atoms with Crippen molar-refractivity contribution in [3.63, 3.8) is 0 Å². The highest BCUT2D eigenvalue weighted by atomic mass is 16.4. The highest BCUT2D eigenvalue weighted by Crippen LogP contribution is 1.95. The van der Waals surface area contributed by atoms with Gasteiger partial charge in [0.2, 0.25) is 11.8 Å². The summed E-state index contributed by atoms with van der Waals surface area (Å²) in [5, 5.41) is 23.8. The Hall–Kier alpha value is -2.28. The van der Waals surface area contributed by atoms with Gasteiger partial charge in [-0.05, 0) is 0 Å². The van der Waals surface area contributed by atoms with Crippen LogP contribution in [0.5, 0.6) is 0 Å². The van der Waals surface area contributed by atoms with Crippen molar-refractivity contribution in [1.29, 1.82) is 0 Å². The van der Waals surface area contributed by atoms with Gasteiger partial charge >= 0.3 is 11.9 Å². The minimum absolute atomic E-state index is 0.125. The van der Waals surface area contributed by atoms with Gasteiger partial charge in [0.05, 0.1) is 94.6 Å². The van der Waals surface area contributed by atoms with Crippen LogP contribution in [0.4, 0.5) is 0 Å². The van der Waals surface area contributed by atoms with Crippen LogP contribution in [-0.2, 0) is 19.2 Å². The van der Waals surface area contributed by atoms with E-state index >= 15 is 0 Å². The Kier molecular flexibility index (Phi) is 13.0. The van der Waals surface area contributed by atoms with Gasteiger partial charge < -0.3 is 29.8 Å². The minimum Gasteiger partial charge on any atom is -0.480 e. The Morgan fingerprint density at radius 3 is 1.19 bits per heavy atom. The molecule has 0 saturated heterocycles. The van der Waals surface area contributed by atoms with Gasteiger partial charge in [-0.3, -0.25) is 29.0 Å². The number of hydrogen-bond acceptors (Lipinski definition) is 6. The summed E-state index contributed by atoms with van der Waals surface area (Å²) >= 11 is 0. The number of carboxylic acid groups (broad SMARTS) is 2. The largest absolute Gasteiger partial charge is 0.480 e. The predicted octanol–water partition coefficient (Wildman–Crippen LogP) is -2.60. The van der Waals surface area contributed by atoms with Crippen LogP contribution in [0.15, 0.2) is 0 Å². The quantitative estimate of drug-likeness (QED) is 0.173. The maximum absolute atomic E-state index is 12.2. The van der Waals surface area contributed by atoms with Gasteiger partial charge in [-0.2, -0.15) is 0 Å². The van der Waals surface area contributed by atoms with Crippen molar-refractivity contribution in [1.82, 2.24) is 20.4 Å². The van der Waals surface area contributed by atoms with E-state index < -0.39 is 11.9 Å². The highest BCUT2D eigenvalue weighted by molar-refractivity contribution is 5.79. The molecular formula is C20H42N6O6+2. The van der Waals surface area contributed by atoms with Crippen LogP contribution in [0, 0.1) is 0 Å². The summed E-state index contributed by atoms with van der Waals surface area (Å²) in [6, 6.07) is 0. The molecule has 2 amide bonds. The summed E-state index contributed by atoms with van der Waals surface area (Å²) < 4.78 is 1.36. The molecule has 0 radical (unpaired) electrons. The molecule has 0 aromatic carbocycles. The Bertz CT molecular complexity index is 575. The zero-order chi connectivity index (χ0) is 24.9. The molecule has 0 saturated carbocycles. The van der Waals surface area contributed by atoms with E-state index in [9.17, 15) is 19.2 Å². The molecule has 4 N–H and O–H groups in total. The first-order valence-corrected chi connectivity index (χ1v) is 10.6. The number of quaternary nitrogens is 2. The van der Waals surface area contributed by atoms with Crippen molar-refractivity contribution in [3.8, 4) is 0 Å². The Balaban J connectivity index is 4.78. The number of carbonyl (C=O) groups is 4. The van der Waals surface area contributed by atoms with E-state index in [1.54, 1.807) is 0 Å². The van der Waals surface area contributed by atoms with E-state index in [2.05, 4.69) is 10.6 Å². The fourth-order valence-corrected chi connectivity index (χ4v) is 2.67. The van der Waals surface area contributed by atoms with E-state index in [0.717, 1.165) is 13.1 Å². The van der Waals surface area contributed by atoms with Gasteiger partial charge in [0.1, 0.15) is 0 Å². The second kappa shape index (κ2) is 14.0. The van der Waals surface area contributed by atoms with Crippen LogP contribution in [0.1, 0.15) is 0 Å². The third-order valence-electron chi connectivity index (χ3n) is 4.39. The highest BCUT2D eigenvalue weighted by Gasteiger charge is 2.19. The number of carbonyl (C=O) groups excluding carboxylic acids is 2. The fraction of sp³-hybridized carbons (Fsp3) is 0.800. The van der Waals surface area contributed by atoms with Crippen molar-refractivity contribution in [2.75, 3.05) is 108 Å². The number of amides is 2. The molecule has 0 aromatic heterocycles. The number of aliphatic carboxylic acids is 2. The van der Waals surface area contributed by atoms with Crippen LogP contribution in [0.2, 0.25) is 0 Å². The topological polar surface area (TPSA) is 139 Å². The SMILES string of the molecule is C[N+](C)(C)CCNC(=O)CN(CCN(CC(=O)O)CC(=O)NCC[N+](C)(C)C)CC(=O)O. The Morgan fingerprint density at radius 2 is 0.938 bits per heavy atom. The minimum atomic E-state index is -1.09. The van der Waals surface area contributed by atoms with Gasteiger partial charge in [-0.15, -0.1) is 0 Å². The van der Waals surface area contributed by atoms with E-state index in [1.165, 1.54) is 9.80 Å². The Morgan fingerprint density at radius 1 is 0.625 bits per heavy atom. The number of carboxylic acids is 2. The number of likely N-dealkylation sites (N-methyl/N-ethyl adjacent to an activating group) is 2. The summed E-state index contributed by atoms with van der Waals surface area (Å²) in [5.41, 5.74) is 0. The maximum Gasteiger partial charge on any atom is 0.317 e. The molecule has 0 fully saturated rings. The second-order valence-electron chi connectivity index (χ2n) is 9.94. The standard InChI is InChI=1S/C20H40N6O6/c1-25(2,3)11-7-21-17(27)13-23(15-19(29)30)9-10-24(16-20(31)32)14-18(28)22-8-12-26(4,5)6/h7-16H2,1-6H3,(H2-2,21,22,27,28,29,30,31,32)/p+2. The molecule has 186 valence electrons. The van der Waals surface area contributed by atoms with Crippen LogP contribution in [0.25, 0.3) is 0 Å². The first kappa shape index (κ1) is 29.7. The van der Waals surface area contributed by atoms with Gasteiger partial charge in [-0.1, -0.05) is 0 Å². The lowest BCUT2D eigenvalue weighted by Gasteiger charge is -2.26. The molecule has 0 bridgehead atoms. The number of nitrogens with zero attached hydrogens (tertiary/aromatic N) is 4. The molecule has 12 nitrogen and oxygen atoms in total. The summed E-state index contributed by atoms with van der Waals surface area (Å²) in [6.45, 7) is 1.66. The normalized spacial score (nSPS) is 12.1. The number of rotatable bonds is 17. The average Bonchev–Trinajstić information content (AvgIpc) is 2.56. The summed E-state index contributed by atoms with van der Waals surface area (Å²) in [6.07, 6.45) is 0. The van der Waals surface area contributed by atoms with Gasteiger partial charge in [0.15, 0.2) is 0 Å². The van der Waals surface area contributed by atoms with Gasteiger partial charge in [-0.25, -0.2) is 0 Å². The van der Waals surface area contributed by atoms with E-state index in [4.69, 9.17) is 10.2 Å². The second-order valence-corrected chi connectivity index (χ2v) is 9.94.